The molecular formula is C11H16BrN3. The third-order valence-electron chi connectivity index (χ3n) is 2.93. The number of nitrogens with one attached hydrogen (secondary N) is 1. The number of halogens is 1. The molecule has 0 bridgehead atoms. The number of anilines is 1. The topological polar surface area (TPSA) is 28.2 Å². The minimum atomic E-state index is 0.674. The molecule has 82 valence electrons. The Bertz CT molecular complexity index is 321. The maximum atomic E-state index is 4.47. The van der Waals surface area contributed by atoms with E-state index in [2.05, 4.69) is 37.2 Å². The number of aromatic nitrogens is 1. The number of pyridine rings is 1. The normalized spacial score (nSPS) is 18.1. The van der Waals surface area contributed by atoms with E-state index in [0.29, 0.717) is 6.04 Å². The molecule has 0 aliphatic carbocycles. The van der Waals surface area contributed by atoms with E-state index in [-0.39, 0.29) is 0 Å². The van der Waals surface area contributed by atoms with Crippen molar-refractivity contribution in [2.75, 3.05) is 25.0 Å². The molecule has 4 heteroatoms. The second-order valence-electron chi connectivity index (χ2n) is 3.87. The quantitative estimate of drug-likeness (QED) is 0.833. The minimum Gasteiger partial charge on any atom is -0.356 e. The number of nitrogens with zero attached hydrogens (tertiary/aromatic N) is 2. The first-order valence-corrected chi connectivity index (χ1v) is 6.13. The summed E-state index contributed by atoms with van der Waals surface area (Å²) in [5, 5.41) is 3.33. The Hall–Kier alpha value is -0.610. The highest BCUT2D eigenvalue weighted by molar-refractivity contribution is 9.10. The van der Waals surface area contributed by atoms with Crippen molar-refractivity contribution in [1.29, 1.82) is 0 Å². The van der Waals surface area contributed by atoms with Gasteiger partial charge in [0, 0.05) is 19.1 Å². The monoisotopic (exact) mass is 269 g/mol. The fourth-order valence-corrected chi connectivity index (χ4v) is 2.31. The molecule has 0 saturated carbocycles. The summed E-state index contributed by atoms with van der Waals surface area (Å²) >= 11 is 3.40. The predicted molar refractivity (Wildman–Crippen MR) is 66.2 cm³/mol. The number of hydrogen-bond acceptors (Lipinski definition) is 3. The summed E-state index contributed by atoms with van der Waals surface area (Å²) in [6, 6.07) is 6.75. The summed E-state index contributed by atoms with van der Waals surface area (Å²) in [4.78, 5) is 6.82. The van der Waals surface area contributed by atoms with E-state index in [9.17, 15) is 0 Å². The summed E-state index contributed by atoms with van der Waals surface area (Å²) < 4.78 is 0.913. The molecule has 1 aliphatic rings. The van der Waals surface area contributed by atoms with E-state index >= 15 is 0 Å². The second-order valence-corrected chi connectivity index (χ2v) is 4.68. The van der Waals surface area contributed by atoms with Crippen molar-refractivity contribution in [3.63, 3.8) is 0 Å². The summed E-state index contributed by atoms with van der Waals surface area (Å²) in [6.07, 6.45) is 2.40. The third-order valence-corrected chi connectivity index (χ3v) is 3.37. The molecule has 1 saturated heterocycles. The van der Waals surface area contributed by atoms with Crippen molar-refractivity contribution >= 4 is 21.7 Å². The Kier molecular flexibility index (Phi) is 3.59. The van der Waals surface area contributed by atoms with Gasteiger partial charge >= 0.3 is 0 Å². The van der Waals surface area contributed by atoms with E-state index in [1.807, 2.05) is 19.2 Å². The van der Waals surface area contributed by atoms with Gasteiger partial charge in [0.15, 0.2) is 0 Å². The van der Waals surface area contributed by atoms with Gasteiger partial charge in [0.25, 0.3) is 0 Å². The van der Waals surface area contributed by atoms with Crippen molar-refractivity contribution in [3.05, 3.63) is 22.8 Å². The Labute approximate surface area is 99.0 Å². The molecule has 15 heavy (non-hydrogen) atoms. The molecule has 1 aromatic rings. The van der Waals surface area contributed by atoms with Crippen LogP contribution in [0.5, 0.6) is 0 Å². The fraction of sp³-hybridized carbons (Fsp3) is 0.545. The second kappa shape index (κ2) is 4.94. The van der Waals surface area contributed by atoms with Gasteiger partial charge < -0.3 is 10.2 Å². The van der Waals surface area contributed by atoms with Gasteiger partial charge in [-0.15, -0.1) is 0 Å². The first-order chi connectivity index (χ1) is 7.29. The molecule has 3 nitrogen and oxygen atoms in total. The Balaban J connectivity index is 2.01. The van der Waals surface area contributed by atoms with E-state index in [0.717, 1.165) is 23.5 Å². The molecule has 1 aliphatic heterocycles. The lowest BCUT2D eigenvalue weighted by Crippen LogP contribution is -2.41. The fourth-order valence-electron chi connectivity index (χ4n) is 1.97. The van der Waals surface area contributed by atoms with Crippen LogP contribution in [0.15, 0.2) is 22.8 Å². The molecular weight excluding hydrogens is 254 g/mol. The zero-order chi connectivity index (χ0) is 10.7. The molecule has 0 unspecified atom stereocenters. The van der Waals surface area contributed by atoms with Crippen LogP contribution in [0, 0.1) is 0 Å². The molecule has 1 N–H and O–H groups in total. The molecule has 0 aromatic carbocycles. The van der Waals surface area contributed by atoms with Gasteiger partial charge in [-0.1, -0.05) is 6.07 Å². The maximum absolute atomic E-state index is 4.47. The summed E-state index contributed by atoms with van der Waals surface area (Å²) in [5.74, 6) is 1.08. The lowest BCUT2D eigenvalue weighted by atomic mass is 10.1. The SMILES string of the molecule is CNC1CCN(c2cccc(Br)n2)CC1. The van der Waals surface area contributed by atoms with Gasteiger partial charge in [0.05, 0.1) is 0 Å². The molecule has 0 spiro atoms. The van der Waals surface area contributed by atoms with E-state index in [4.69, 9.17) is 0 Å². The van der Waals surface area contributed by atoms with Crippen molar-refractivity contribution in [2.45, 2.75) is 18.9 Å². The van der Waals surface area contributed by atoms with Gasteiger partial charge in [0.1, 0.15) is 10.4 Å². The Morgan fingerprint density at radius 2 is 2.13 bits per heavy atom. The molecule has 0 amide bonds. The van der Waals surface area contributed by atoms with Crippen molar-refractivity contribution < 1.29 is 0 Å². The van der Waals surface area contributed by atoms with Crippen LogP contribution in [0.1, 0.15) is 12.8 Å². The first kappa shape index (κ1) is 10.9. The highest BCUT2D eigenvalue weighted by Crippen LogP contribution is 2.19. The van der Waals surface area contributed by atoms with Crippen LogP contribution in [0.3, 0.4) is 0 Å². The summed E-state index contributed by atoms with van der Waals surface area (Å²) in [6.45, 7) is 2.18. The number of rotatable bonds is 2. The van der Waals surface area contributed by atoms with Crippen LogP contribution in [0.4, 0.5) is 5.82 Å². The zero-order valence-electron chi connectivity index (χ0n) is 8.91. The van der Waals surface area contributed by atoms with Gasteiger partial charge in [0.2, 0.25) is 0 Å². The molecule has 2 heterocycles. The first-order valence-electron chi connectivity index (χ1n) is 5.34. The maximum Gasteiger partial charge on any atom is 0.129 e. The standard InChI is InChI=1S/C11H16BrN3/c1-13-9-5-7-15(8-6-9)11-4-2-3-10(12)14-11/h2-4,9,13H,5-8H2,1H3. The average Bonchev–Trinajstić information content (AvgIpc) is 2.29. The van der Waals surface area contributed by atoms with Crippen molar-refractivity contribution in [3.8, 4) is 0 Å². The Morgan fingerprint density at radius 3 is 2.73 bits per heavy atom. The van der Waals surface area contributed by atoms with Crippen LogP contribution in [0.25, 0.3) is 0 Å². The molecule has 1 aromatic heterocycles. The van der Waals surface area contributed by atoms with Gasteiger partial charge in [-0.2, -0.15) is 0 Å². The predicted octanol–water partition coefficient (Wildman–Crippen LogP) is 2.03. The largest absolute Gasteiger partial charge is 0.356 e. The molecule has 2 rings (SSSR count). The van der Waals surface area contributed by atoms with E-state index in [1.54, 1.807) is 0 Å². The molecule has 1 fully saturated rings. The van der Waals surface area contributed by atoms with Gasteiger partial charge in [-0.25, -0.2) is 4.98 Å². The van der Waals surface area contributed by atoms with E-state index in [1.165, 1.54) is 12.8 Å². The van der Waals surface area contributed by atoms with Crippen LogP contribution >= 0.6 is 15.9 Å². The highest BCUT2D eigenvalue weighted by Gasteiger charge is 2.18. The van der Waals surface area contributed by atoms with Crippen LogP contribution in [-0.2, 0) is 0 Å². The lowest BCUT2D eigenvalue weighted by molar-refractivity contribution is 0.440. The van der Waals surface area contributed by atoms with Gasteiger partial charge in [-0.05, 0) is 48.0 Å². The smallest absolute Gasteiger partial charge is 0.129 e. The van der Waals surface area contributed by atoms with Crippen molar-refractivity contribution in [1.82, 2.24) is 10.3 Å². The zero-order valence-corrected chi connectivity index (χ0v) is 10.5. The third kappa shape index (κ3) is 2.69. The number of piperidine rings is 1. The molecule has 0 atom stereocenters. The average molecular weight is 270 g/mol. The Morgan fingerprint density at radius 1 is 1.40 bits per heavy atom. The summed E-state index contributed by atoms with van der Waals surface area (Å²) in [5.41, 5.74) is 0. The minimum absolute atomic E-state index is 0.674. The van der Waals surface area contributed by atoms with Crippen LogP contribution in [-0.4, -0.2) is 31.2 Å². The molecule has 0 radical (unpaired) electrons. The lowest BCUT2D eigenvalue weighted by Gasteiger charge is -2.32. The number of hydrogen-bond donors (Lipinski definition) is 1. The highest BCUT2D eigenvalue weighted by atomic mass is 79.9. The summed E-state index contributed by atoms with van der Waals surface area (Å²) in [7, 11) is 2.04. The van der Waals surface area contributed by atoms with Crippen LogP contribution < -0.4 is 10.2 Å². The van der Waals surface area contributed by atoms with Crippen LogP contribution in [0.2, 0.25) is 0 Å². The van der Waals surface area contributed by atoms with Crippen molar-refractivity contribution in [2.24, 2.45) is 0 Å². The van der Waals surface area contributed by atoms with Gasteiger partial charge in [-0.3, -0.25) is 0 Å². The van der Waals surface area contributed by atoms with E-state index < -0.39 is 0 Å².